The molecule has 11 nitrogen and oxygen atoms in total. The molecule has 2 bridgehead atoms. The number of fused-ring (bicyclic) bond motifs is 1. The van der Waals surface area contributed by atoms with Crippen LogP contribution in [-0.2, 0) is 11.2 Å². The Morgan fingerprint density at radius 2 is 1.72 bits per heavy atom. The standard InChI is InChI=1S/C28H40N8O3/c1-18(33-28-15-20(16-28)22(29)17-28)14-19-4-6-21(7-5-19)36-9-8-23(32-26(36)39)31-25(38)35-12-10-34(11-13-35)24(37)27(2,3)30/h4-9,18,20,22,33H,10-17,29-30H2,1-3H3,(H,31,32,38,39)/t18?,20?,22-,28?/m0/s1. The predicted molar refractivity (Wildman–Crippen MR) is 150 cm³/mol. The van der Waals surface area contributed by atoms with Crippen molar-refractivity contribution >= 4 is 17.8 Å². The van der Waals surface area contributed by atoms with Crippen molar-refractivity contribution in [2.24, 2.45) is 17.4 Å². The van der Waals surface area contributed by atoms with Gasteiger partial charge in [0.15, 0.2) is 0 Å². The number of nitrogens with zero attached hydrogens (tertiary/aromatic N) is 4. The molecule has 0 radical (unpaired) electrons. The highest BCUT2D eigenvalue weighted by molar-refractivity contribution is 5.89. The van der Waals surface area contributed by atoms with E-state index in [0.29, 0.717) is 49.9 Å². The molecule has 1 saturated heterocycles. The Kier molecular flexibility index (Phi) is 7.25. The normalized spacial score (nSPS) is 25.3. The number of anilines is 1. The van der Waals surface area contributed by atoms with E-state index in [9.17, 15) is 14.4 Å². The van der Waals surface area contributed by atoms with Gasteiger partial charge in [0.2, 0.25) is 5.91 Å². The molecule has 0 spiro atoms. The molecule has 2 aromatic rings. The third-order valence-electron chi connectivity index (χ3n) is 8.29. The summed E-state index contributed by atoms with van der Waals surface area (Å²) in [5, 5.41) is 6.50. The van der Waals surface area contributed by atoms with Gasteiger partial charge >= 0.3 is 11.7 Å². The van der Waals surface area contributed by atoms with E-state index in [1.807, 2.05) is 24.3 Å². The van der Waals surface area contributed by atoms with Crippen molar-refractivity contribution in [3.05, 3.63) is 52.6 Å². The second-order valence-electron chi connectivity index (χ2n) is 12.1. The smallest absolute Gasteiger partial charge is 0.338 e. The number of hydrogen-bond acceptors (Lipinski definition) is 7. The number of carbonyl (C=O) groups excluding carboxylic acids is 2. The van der Waals surface area contributed by atoms with Crippen LogP contribution < -0.4 is 27.8 Å². The zero-order valence-corrected chi connectivity index (χ0v) is 23.0. The minimum absolute atomic E-state index is 0.141. The molecular weight excluding hydrogens is 496 g/mol. The van der Waals surface area contributed by atoms with Crippen LogP contribution in [0, 0.1) is 5.92 Å². The molecule has 11 heteroatoms. The summed E-state index contributed by atoms with van der Waals surface area (Å²) in [4.78, 5) is 45.1. The first kappa shape index (κ1) is 27.3. The average molecular weight is 537 g/mol. The molecule has 4 aliphatic rings. The quantitative estimate of drug-likeness (QED) is 0.413. The number of amides is 3. The number of nitrogens with one attached hydrogen (secondary N) is 2. The number of rotatable bonds is 7. The highest BCUT2D eigenvalue weighted by Gasteiger charge is 2.54. The van der Waals surface area contributed by atoms with Crippen LogP contribution in [0.3, 0.4) is 0 Å². The number of nitrogens with two attached hydrogens (primary N) is 2. The van der Waals surface area contributed by atoms with Crippen molar-refractivity contribution in [3.8, 4) is 5.69 Å². The number of urea groups is 1. The summed E-state index contributed by atoms with van der Waals surface area (Å²) in [6, 6.07) is 9.82. The van der Waals surface area contributed by atoms with Crippen LogP contribution in [0.2, 0.25) is 0 Å². The van der Waals surface area contributed by atoms with Gasteiger partial charge in [-0.1, -0.05) is 12.1 Å². The molecule has 2 heterocycles. The number of aromatic nitrogens is 2. The zero-order chi connectivity index (χ0) is 27.9. The maximum absolute atomic E-state index is 12.7. The van der Waals surface area contributed by atoms with Crippen LogP contribution in [0.5, 0.6) is 0 Å². The zero-order valence-electron chi connectivity index (χ0n) is 23.0. The second-order valence-corrected chi connectivity index (χ2v) is 12.1. The van der Waals surface area contributed by atoms with Gasteiger partial charge < -0.3 is 26.6 Å². The average Bonchev–Trinajstić information content (AvgIpc) is 3.34. The molecule has 1 aliphatic heterocycles. The summed E-state index contributed by atoms with van der Waals surface area (Å²) >= 11 is 0. The van der Waals surface area contributed by atoms with Crippen LogP contribution in [0.25, 0.3) is 5.69 Å². The SMILES string of the molecule is CC(Cc1ccc(-n2ccc(NC(=O)N3CCN(C(=O)C(C)(C)N)CC3)nc2=O)cc1)NC12CC(C1)[C@@H](N)C2. The summed E-state index contributed by atoms with van der Waals surface area (Å²) in [6.07, 6.45) is 5.95. The lowest BCUT2D eigenvalue weighted by Crippen LogP contribution is -2.58. The molecule has 2 atom stereocenters. The van der Waals surface area contributed by atoms with Crippen molar-refractivity contribution < 1.29 is 9.59 Å². The van der Waals surface area contributed by atoms with Gasteiger partial charge in [0, 0.05) is 50.0 Å². The largest absolute Gasteiger partial charge is 0.354 e. The van der Waals surface area contributed by atoms with E-state index >= 15 is 0 Å². The Labute approximate surface area is 228 Å². The van der Waals surface area contributed by atoms with Crippen molar-refractivity contribution in [2.75, 3.05) is 31.5 Å². The Hall–Kier alpha value is -3.28. The highest BCUT2D eigenvalue weighted by Crippen LogP contribution is 2.51. The van der Waals surface area contributed by atoms with Gasteiger partial charge in [-0.25, -0.2) is 9.59 Å². The van der Waals surface area contributed by atoms with Crippen LogP contribution in [0.4, 0.5) is 10.6 Å². The highest BCUT2D eigenvalue weighted by atomic mass is 16.2. The lowest BCUT2D eigenvalue weighted by molar-refractivity contribution is -0.137. The van der Waals surface area contributed by atoms with Crippen molar-refractivity contribution in [1.82, 2.24) is 24.7 Å². The molecule has 4 fully saturated rings. The Bertz CT molecular complexity index is 1270. The van der Waals surface area contributed by atoms with E-state index in [2.05, 4.69) is 22.5 Å². The molecule has 6 rings (SSSR count). The fourth-order valence-electron chi connectivity index (χ4n) is 6.31. The third kappa shape index (κ3) is 5.85. The molecule has 1 aromatic heterocycles. The maximum atomic E-state index is 12.7. The van der Waals surface area contributed by atoms with E-state index in [1.54, 1.807) is 35.9 Å². The summed E-state index contributed by atoms with van der Waals surface area (Å²) < 4.78 is 1.45. The third-order valence-corrected chi connectivity index (χ3v) is 8.29. The number of hydrogen-bond donors (Lipinski definition) is 4. The first-order chi connectivity index (χ1) is 18.4. The summed E-state index contributed by atoms with van der Waals surface area (Å²) in [7, 11) is 0. The summed E-state index contributed by atoms with van der Waals surface area (Å²) in [6.45, 7) is 7.11. The van der Waals surface area contributed by atoms with Gasteiger partial charge in [-0.05, 0) is 76.1 Å². The molecule has 1 unspecified atom stereocenters. The van der Waals surface area contributed by atoms with Crippen molar-refractivity contribution in [2.45, 2.75) is 69.6 Å². The lowest BCUT2D eigenvalue weighted by Gasteiger charge is -2.41. The van der Waals surface area contributed by atoms with Crippen LogP contribution in [0.15, 0.2) is 41.3 Å². The molecule has 6 N–H and O–H groups in total. The van der Waals surface area contributed by atoms with Gasteiger partial charge in [-0.2, -0.15) is 4.98 Å². The van der Waals surface area contributed by atoms with Crippen molar-refractivity contribution in [1.29, 1.82) is 0 Å². The molecule has 3 saturated carbocycles. The minimum Gasteiger partial charge on any atom is -0.338 e. The summed E-state index contributed by atoms with van der Waals surface area (Å²) in [5.74, 6) is 0.730. The van der Waals surface area contributed by atoms with E-state index in [1.165, 1.54) is 23.0 Å². The molecule has 3 amide bonds. The molecule has 3 aliphatic carbocycles. The fourth-order valence-corrected chi connectivity index (χ4v) is 6.31. The van der Waals surface area contributed by atoms with Crippen LogP contribution >= 0.6 is 0 Å². The van der Waals surface area contributed by atoms with Gasteiger partial charge in [0.05, 0.1) is 11.2 Å². The Balaban J connectivity index is 1.14. The fraction of sp³-hybridized carbons (Fsp3) is 0.571. The van der Waals surface area contributed by atoms with Gasteiger partial charge in [-0.3, -0.25) is 14.7 Å². The minimum atomic E-state index is -0.946. The predicted octanol–water partition coefficient (Wildman–Crippen LogP) is 1.05. The van der Waals surface area contributed by atoms with Crippen molar-refractivity contribution in [3.63, 3.8) is 0 Å². The van der Waals surface area contributed by atoms with E-state index < -0.39 is 11.2 Å². The van der Waals surface area contributed by atoms with Crippen LogP contribution in [0.1, 0.15) is 45.6 Å². The maximum Gasteiger partial charge on any atom is 0.354 e. The Morgan fingerprint density at radius 3 is 2.28 bits per heavy atom. The lowest BCUT2D eigenvalue weighted by atomic mass is 9.76. The molecule has 1 aromatic carbocycles. The Morgan fingerprint density at radius 1 is 1.08 bits per heavy atom. The van der Waals surface area contributed by atoms with Crippen LogP contribution in [-0.4, -0.2) is 80.6 Å². The molecular formula is C28H40N8O3. The number of benzene rings is 1. The van der Waals surface area contributed by atoms with Gasteiger partial charge in [0.1, 0.15) is 5.82 Å². The van der Waals surface area contributed by atoms with E-state index in [4.69, 9.17) is 11.5 Å². The topological polar surface area (TPSA) is 152 Å². The van der Waals surface area contributed by atoms with Gasteiger partial charge in [0.25, 0.3) is 0 Å². The van der Waals surface area contributed by atoms with E-state index in [-0.39, 0.29) is 23.3 Å². The first-order valence-corrected chi connectivity index (χ1v) is 13.8. The molecule has 39 heavy (non-hydrogen) atoms. The summed E-state index contributed by atoms with van der Waals surface area (Å²) in [5.41, 5.74) is 12.8. The van der Waals surface area contributed by atoms with E-state index in [0.717, 1.165) is 12.8 Å². The monoisotopic (exact) mass is 536 g/mol. The first-order valence-electron chi connectivity index (χ1n) is 13.8. The van der Waals surface area contributed by atoms with Gasteiger partial charge in [-0.15, -0.1) is 0 Å². The number of carbonyl (C=O) groups is 2. The second kappa shape index (κ2) is 10.4. The number of piperazine rings is 1. The molecule has 210 valence electrons.